The molecule has 1 N–H and O–H groups in total. The number of nitrogens with one attached hydrogen (secondary N) is 1. The highest BCUT2D eigenvalue weighted by Crippen LogP contribution is 2.19. The Kier molecular flexibility index (Phi) is 4.44. The predicted octanol–water partition coefficient (Wildman–Crippen LogP) is 3.09. The lowest BCUT2D eigenvalue weighted by Gasteiger charge is -2.22. The number of hydrogen-bond acceptors (Lipinski definition) is 3. The van der Waals surface area contributed by atoms with E-state index < -0.39 is 0 Å². The summed E-state index contributed by atoms with van der Waals surface area (Å²) in [5.74, 6) is 0.961. The van der Waals surface area contributed by atoms with E-state index in [-0.39, 0.29) is 0 Å². The molecule has 3 nitrogen and oxygen atoms in total. The third-order valence-corrected chi connectivity index (χ3v) is 3.45. The van der Waals surface area contributed by atoms with Crippen LogP contribution < -0.4 is 5.32 Å². The van der Waals surface area contributed by atoms with Crippen molar-refractivity contribution in [3.63, 3.8) is 0 Å². The fourth-order valence-electron chi connectivity index (χ4n) is 2.14. The number of hydrogen-bond donors (Lipinski definition) is 1. The normalized spacial score (nSPS) is 22.5. The minimum Gasteiger partial charge on any atom is -0.453 e. The van der Waals surface area contributed by atoms with E-state index in [4.69, 9.17) is 9.15 Å². The van der Waals surface area contributed by atoms with Gasteiger partial charge in [-0.25, -0.2) is 0 Å². The van der Waals surface area contributed by atoms with Gasteiger partial charge in [-0.15, -0.1) is 0 Å². The lowest BCUT2D eigenvalue weighted by Crippen LogP contribution is -2.38. The van der Waals surface area contributed by atoms with Crippen molar-refractivity contribution in [2.75, 3.05) is 6.61 Å². The van der Waals surface area contributed by atoms with E-state index in [2.05, 4.69) is 28.2 Å². The summed E-state index contributed by atoms with van der Waals surface area (Å²) in [5.41, 5.74) is 0. The predicted molar refractivity (Wildman–Crippen MR) is 66.3 cm³/mol. The van der Waals surface area contributed by atoms with Crippen LogP contribution in [-0.4, -0.2) is 18.8 Å². The van der Waals surface area contributed by atoms with Crippen molar-refractivity contribution >= 4 is 15.9 Å². The summed E-state index contributed by atoms with van der Waals surface area (Å²) in [6.07, 6.45) is 3.83. The molecule has 1 saturated heterocycles. The van der Waals surface area contributed by atoms with Crippen molar-refractivity contribution < 1.29 is 9.15 Å². The average Bonchev–Trinajstić information content (AvgIpc) is 2.91. The average molecular weight is 288 g/mol. The van der Waals surface area contributed by atoms with Crippen LogP contribution in [0, 0.1) is 0 Å². The molecule has 0 spiro atoms. The van der Waals surface area contributed by atoms with Crippen molar-refractivity contribution in [1.29, 1.82) is 0 Å². The number of ether oxygens (including phenoxy) is 1. The number of furan rings is 1. The fraction of sp³-hybridized carbons (Fsp3) is 0.667. The van der Waals surface area contributed by atoms with E-state index in [1.54, 1.807) is 0 Å². The second-order valence-corrected chi connectivity index (χ2v) is 4.93. The highest BCUT2D eigenvalue weighted by molar-refractivity contribution is 9.10. The van der Waals surface area contributed by atoms with Gasteiger partial charge in [0, 0.05) is 12.6 Å². The van der Waals surface area contributed by atoms with Crippen LogP contribution in [0.15, 0.2) is 21.2 Å². The summed E-state index contributed by atoms with van der Waals surface area (Å²) in [6, 6.07) is 4.34. The molecule has 1 aromatic heterocycles. The van der Waals surface area contributed by atoms with Crippen LogP contribution in [0.2, 0.25) is 0 Å². The first-order valence-corrected chi connectivity index (χ1v) is 6.68. The first-order valence-electron chi connectivity index (χ1n) is 5.89. The van der Waals surface area contributed by atoms with E-state index in [0.29, 0.717) is 12.1 Å². The molecular weight excluding hydrogens is 270 g/mol. The van der Waals surface area contributed by atoms with Crippen LogP contribution in [0.4, 0.5) is 0 Å². The third-order valence-electron chi connectivity index (χ3n) is 3.02. The fourth-order valence-corrected chi connectivity index (χ4v) is 2.48. The zero-order valence-electron chi connectivity index (χ0n) is 9.54. The molecule has 4 heteroatoms. The van der Waals surface area contributed by atoms with Gasteiger partial charge >= 0.3 is 0 Å². The summed E-state index contributed by atoms with van der Waals surface area (Å²) >= 11 is 3.30. The minimum atomic E-state index is 0.378. The Labute approximate surface area is 105 Å². The minimum absolute atomic E-state index is 0.378. The Morgan fingerprint density at radius 1 is 1.56 bits per heavy atom. The highest BCUT2D eigenvalue weighted by atomic mass is 79.9. The molecule has 0 unspecified atom stereocenters. The van der Waals surface area contributed by atoms with Crippen LogP contribution in [-0.2, 0) is 11.3 Å². The second-order valence-electron chi connectivity index (χ2n) is 4.15. The van der Waals surface area contributed by atoms with Gasteiger partial charge in [-0.3, -0.25) is 0 Å². The molecule has 0 aromatic carbocycles. The van der Waals surface area contributed by atoms with Crippen LogP contribution in [0.3, 0.4) is 0 Å². The molecule has 2 atom stereocenters. The first kappa shape index (κ1) is 12.1. The Bertz CT molecular complexity index is 321. The molecule has 1 aliphatic heterocycles. The van der Waals surface area contributed by atoms with Gasteiger partial charge in [0.15, 0.2) is 4.67 Å². The molecule has 0 saturated carbocycles. The Balaban J connectivity index is 1.82. The SMILES string of the molecule is CC[C@@H](NCc1ccc(Br)o1)[C@H]1CCCO1. The first-order chi connectivity index (χ1) is 7.79. The largest absolute Gasteiger partial charge is 0.453 e. The van der Waals surface area contributed by atoms with Crippen molar-refractivity contribution in [1.82, 2.24) is 5.32 Å². The second kappa shape index (κ2) is 5.84. The van der Waals surface area contributed by atoms with Crippen molar-refractivity contribution in [3.05, 3.63) is 22.6 Å². The van der Waals surface area contributed by atoms with E-state index in [1.807, 2.05) is 12.1 Å². The Morgan fingerprint density at radius 2 is 2.44 bits per heavy atom. The van der Waals surface area contributed by atoms with Crippen molar-refractivity contribution in [3.8, 4) is 0 Å². The highest BCUT2D eigenvalue weighted by Gasteiger charge is 2.24. The van der Waals surface area contributed by atoms with Gasteiger partial charge in [0.25, 0.3) is 0 Å². The lowest BCUT2D eigenvalue weighted by atomic mass is 10.1. The lowest BCUT2D eigenvalue weighted by molar-refractivity contribution is 0.0758. The molecule has 1 aliphatic rings. The quantitative estimate of drug-likeness (QED) is 0.904. The summed E-state index contributed by atoms with van der Waals surface area (Å²) < 4.78 is 11.9. The van der Waals surface area contributed by atoms with Gasteiger partial charge < -0.3 is 14.5 Å². The van der Waals surface area contributed by atoms with Gasteiger partial charge in [-0.1, -0.05) is 6.92 Å². The monoisotopic (exact) mass is 287 g/mol. The molecular formula is C12H18BrNO2. The smallest absolute Gasteiger partial charge is 0.169 e. The van der Waals surface area contributed by atoms with Crippen LogP contribution >= 0.6 is 15.9 Å². The summed E-state index contributed by atoms with van der Waals surface area (Å²) in [7, 11) is 0. The number of rotatable bonds is 5. The van der Waals surface area contributed by atoms with Crippen molar-refractivity contribution in [2.45, 2.75) is 44.9 Å². The van der Waals surface area contributed by atoms with Gasteiger partial charge in [0.1, 0.15) is 5.76 Å². The molecule has 0 radical (unpaired) electrons. The molecule has 0 bridgehead atoms. The Morgan fingerprint density at radius 3 is 3.00 bits per heavy atom. The van der Waals surface area contributed by atoms with E-state index >= 15 is 0 Å². The van der Waals surface area contributed by atoms with Crippen LogP contribution in [0.5, 0.6) is 0 Å². The van der Waals surface area contributed by atoms with Gasteiger partial charge in [0.2, 0.25) is 0 Å². The molecule has 0 aliphatic carbocycles. The Hall–Kier alpha value is -0.320. The van der Waals surface area contributed by atoms with E-state index in [0.717, 1.165) is 30.0 Å². The van der Waals surface area contributed by atoms with E-state index in [9.17, 15) is 0 Å². The maximum absolute atomic E-state index is 5.70. The van der Waals surface area contributed by atoms with Gasteiger partial charge in [0.05, 0.1) is 12.6 Å². The summed E-state index contributed by atoms with van der Waals surface area (Å²) in [4.78, 5) is 0. The third kappa shape index (κ3) is 3.09. The van der Waals surface area contributed by atoms with Gasteiger partial charge in [-0.05, 0) is 47.3 Å². The standard InChI is InChI=1S/C12H18BrNO2/c1-2-10(11-4-3-7-15-11)14-8-9-5-6-12(13)16-9/h5-6,10-11,14H,2-4,7-8H2,1H3/t10-,11-/m1/s1. The molecule has 0 amide bonds. The zero-order valence-corrected chi connectivity index (χ0v) is 11.1. The van der Waals surface area contributed by atoms with Crippen molar-refractivity contribution in [2.24, 2.45) is 0 Å². The van der Waals surface area contributed by atoms with Crippen LogP contribution in [0.1, 0.15) is 31.9 Å². The molecule has 90 valence electrons. The molecule has 2 rings (SSSR count). The maximum Gasteiger partial charge on any atom is 0.169 e. The molecule has 1 aromatic rings. The van der Waals surface area contributed by atoms with Crippen LogP contribution in [0.25, 0.3) is 0 Å². The zero-order chi connectivity index (χ0) is 11.4. The molecule has 2 heterocycles. The summed E-state index contributed by atoms with van der Waals surface area (Å²) in [5, 5.41) is 3.50. The number of halogens is 1. The molecule has 1 fully saturated rings. The summed E-state index contributed by atoms with van der Waals surface area (Å²) in [6.45, 7) is 3.87. The molecule has 16 heavy (non-hydrogen) atoms. The maximum atomic E-state index is 5.70. The van der Waals surface area contributed by atoms with E-state index in [1.165, 1.54) is 12.8 Å². The van der Waals surface area contributed by atoms with Gasteiger partial charge in [-0.2, -0.15) is 0 Å². The topological polar surface area (TPSA) is 34.4 Å².